The molecule has 23 heavy (non-hydrogen) atoms. The third kappa shape index (κ3) is 4.69. The maximum absolute atomic E-state index is 12.3. The number of benzene rings is 1. The van der Waals surface area contributed by atoms with Gasteiger partial charge in [-0.25, -0.2) is 0 Å². The molecule has 3 rings (SSSR count). The van der Waals surface area contributed by atoms with Crippen LogP contribution in [0.25, 0.3) is 0 Å². The molecule has 0 bridgehead atoms. The summed E-state index contributed by atoms with van der Waals surface area (Å²) in [5, 5.41) is 9.25. The van der Waals surface area contributed by atoms with Gasteiger partial charge in [-0.15, -0.1) is 12.4 Å². The van der Waals surface area contributed by atoms with E-state index in [1.807, 2.05) is 12.1 Å². The van der Waals surface area contributed by atoms with Crippen LogP contribution in [0.3, 0.4) is 0 Å². The maximum Gasteiger partial charge on any atom is 0.251 e. The summed E-state index contributed by atoms with van der Waals surface area (Å²) in [6.07, 6.45) is 2.88. The molecule has 3 N–H and O–H groups in total. The molecule has 0 radical (unpaired) electrons. The van der Waals surface area contributed by atoms with E-state index in [0.717, 1.165) is 32.4 Å². The molecule has 1 saturated heterocycles. The van der Waals surface area contributed by atoms with E-state index in [4.69, 9.17) is 0 Å². The largest absolute Gasteiger partial charge is 0.349 e. The molecule has 2 fully saturated rings. The summed E-state index contributed by atoms with van der Waals surface area (Å²) in [6, 6.07) is 7.40. The average molecular weight is 338 g/mol. The van der Waals surface area contributed by atoms with Crippen LogP contribution in [0.2, 0.25) is 0 Å². The summed E-state index contributed by atoms with van der Waals surface area (Å²) in [4.78, 5) is 24.3. The van der Waals surface area contributed by atoms with Crippen LogP contribution in [0.15, 0.2) is 24.3 Å². The molecule has 1 saturated carbocycles. The monoisotopic (exact) mass is 337 g/mol. The number of rotatable bonds is 4. The Morgan fingerprint density at radius 1 is 1.22 bits per heavy atom. The number of carbonyl (C=O) groups is 2. The second kappa shape index (κ2) is 7.79. The number of halogens is 1. The smallest absolute Gasteiger partial charge is 0.251 e. The van der Waals surface area contributed by atoms with Crippen LogP contribution in [0.5, 0.6) is 0 Å². The van der Waals surface area contributed by atoms with Gasteiger partial charge in [-0.2, -0.15) is 0 Å². The molecule has 2 atom stereocenters. The van der Waals surface area contributed by atoms with E-state index in [2.05, 4.69) is 22.9 Å². The SMILES string of the molecule is CC1CC1C(=O)Nc1cccc(C(=O)NC2CCNCC2)c1.Cl. The Morgan fingerprint density at radius 2 is 1.91 bits per heavy atom. The number of amides is 2. The number of hydrogen-bond acceptors (Lipinski definition) is 3. The molecule has 126 valence electrons. The number of hydrogen-bond donors (Lipinski definition) is 3. The summed E-state index contributed by atoms with van der Waals surface area (Å²) >= 11 is 0. The van der Waals surface area contributed by atoms with E-state index >= 15 is 0 Å². The van der Waals surface area contributed by atoms with Crippen molar-refractivity contribution in [2.24, 2.45) is 11.8 Å². The minimum absolute atomic E-state index is 0. The van der Waals surface area contributed by atoms with Crippen molar-refractivity contribution in [3.63, 3.8) is 0 Å². The fraction of sp³-hybridized carbons (Fsp3) is 0.529. The number of nitrogens with one attached hydrogen (secondary N) is 3. The molecular formula is C17H24ClN3O2. The molecule has 6 heteroatoms. The zero-order chi connectivity index (χ0) is 15.5. The molecule has 1 aromatic carbocycles. The van der Waals surface area contributed by atoms with Crippen LogP contribution in [0.4, 0.5) is 5.69 Å². The molecule has 1 aliphatic heterocycles. The predicted molar refractivity (Wildman–Crippen MR) is 92.9 cm³/mol. The van der Waals surface area contributed by atoms with Gasteiger partial charge in [0.15, 0.2) is 0 Å². The van der Waals surface area contributed by atoms with Gasteiger partial charge in [0.2, 0.25) is 5.91 Å². The van der Waals surface area contributed by atoms with Gasteiger partial charge in [0.25, 0.3) is 5.91 Å². The zero-order valence-corrected chi connectivity index (χ0v) is 14.1. The molecule has 1 aromatic rings. The second-order valence-electron chi connectivity index (χ2n) is 6.39. The molecule has 1 aliphatic carbocycles. The Kier molecular flexibility index (Phi) is 6.02. The second-order valence-corrected chi connectivity index (χ2v) is 6.39. The van der Waals surface area contributed by atoms with Gasteiger partial charge in [-0.05, 0) is 56.5 Å². The highest BCUT2D eigenvalue weighted by atomic mass is 35.5. The molecule has 2 amide bonds. The fourth-order valence-electron chi connectivity index (χ4n) is 2.90. The van der Waals surface area contributed by atoms with E-state index < -0.39 is 0 Å². The molecule has 0 aromatic heterocycles. The van der Waals surface area contributed by atoms with Gasteiger partial charge in [-0.1, -0.05) is 13.0 Å². The van der Waals surface area contributed by atoms with E-state index in [0.29, 0.717) is 17.2 Å². The average Bonchev–Trinajstić information content (AvgIpc) is 3.26. The predicted octanol–water partition coefficient (Wildman–Crippen LogP) is 2.18. The van der Waals surface area contributed by atoms with Crippen LogP contribution < -0.4 is 16.0 Å². The van der Waals surface area contributed by atoms with Crippen LogP contribution in [0.1, 0.15) is 36.5 Å². The van der Waals surface area contributed by atoms with Gasteiger partial charge in [0.05, 0.1) is 0 Å². The Labute approximate surface area is 143 Å². The number of piperidine rings is 1. The molecule has 0 spiro atoms. The third-order valence-corrected chi connectivity index (χ3v) is 4.51. The summed E-state index contributed by atoms with van der Waals surface area (Å²) in [7, 11) is 0. The molecular weight excluding hydrogens is 314 g/mol. The van der Waals surface area contributed by atoms with Crippen molar-refractivity contribution >= 4 is 29.9 Å². The van der Waals surface area contributed by atoms with Crippen molar-refractivity contribution < 1.29 is 9.59 Å². The highest BCUT2D eigenvalue weighted by molar-refractivity contribution is 5.98. The highest BCUT2D eigenvalue weighted by Crippen LogP contribution is 2.38. The minimum atomic E-state index is -0.0669. The Hall–Kier alpha value is -1.59. The first-order chi connectivity index (χ1) is 10.6. The Morgan fingerprint density at radius 3 is 2.57 bits per heavy atom. The van der Waals surface area contributed by atoms with Crippen LogP contribution in [-0.2, 0) is 4.79 Å². The zero-order valence-electron chi connectivity index (χ0n) is 13.3. The molecule has 2 unspecified atom stereocenters. The van der Waals surface area contributed by atoms with Crippen LogP contribution in [0, 0.1) is 11.8 Å². The third-order valence-electron chi connectivity index (χ3n) is 4.51. The Balaban J connectivity index is 0.00000192. The first kappa shape index (κ1) is 17.8. The summed E-state index contributed by atoms with van der Waals surface area (Å²) in [5.74, 6) is 0.602. The van der Waals surface area contributed by atoms with Crippen molar-refractivity contribution in [3.05, 3.63) is 29.8 Å². The van der Waals surface area contributed by atoms with Crippen molar-refractivity contribution in [1.29, 1.82) is 0 Å². The van der Waals surface area contributed by atoms with E-state index in [9.17, 15) is 9.59 Å². The fourth-order valence-corrected chi connectivity index (χ4v) is 2.90. The van der Waals surface area contributed by atoms with Crippen molar-refractivity contribution in [3.8, 4) is 0 Å². The van der Waals surface area contributed by atoms with Crippen LogP contribution in [-0.4, -0.2) is 30.9 Å². The standard InChI is InChI=1S/C17H23N3O2.ClH/c1-11-9-15(11)17(22)20-14-4-2-3-12(10-14)16(21)19-13-5-7-18-8-6-13;/h2-4,10-11,13,15,18H,5-9H2,1H3,(H,19,21)(H,20,22);1H. The van der Waals surface area contributed by atoms with E-state index in [1.54, 1.807) is 12.1 Å². The Bertz CT molecular complexity index is 573. The topological polar surface area (TPSA) is 70.2 Å². The van der Waals surface area contributed by atoms with Gasteiger partial charge >= 0.3 is 0 Å². The normalized spacial score (nSPS) is 23.5. The van der Waals surface area contributed by atoms with Crippen molar-refractivity contribution in [2.45, 2.75) is 32.2 Å². The highest BCUT2D eigenvalue weighted by Gasteiger charge is 2.39. The molecule has 5 nitrogen and oxygen atoms in total. The first-order valence-electron chi connectivity index (χ1n) is 8.06. The lowest BCUT2D eigenvalue weighted by molar-refractivity contribution is -0.117. The van der Waals surface area contributed by atoms with Crippen LogP contribution >= 0.6 is 12.4 Å². The number of anilines is 1. The lowest BCUT2D eigenvalue weighted by Gasteiger charge is -2.23. The van der Waals surface area contributed by atoms with Gasteiger partial charge < -0.3 is 16.0 Å². The number of carbonyl (C=O) groups excluding carboxylic acids is 2. The first-order valence-corrected chi connectivity index (χ1v) is 8.06. The molecule has 1 heterocycles. The van der Waals surface area contributed by atoms with E-state index in [-0.39, 0.29) is 36.2 Å². The van der Waals surface area contributed by atoms with Crippen molar-refractivity contribution in [2.75, 3.05) is 18.4 Å². The quantitative estimate of drug-likeness (QED) is 0.788. The van der Waals surface area contributed by atoms with Gasteiger partial charge in [0.1, 0.15) is 0 Å². The maximum atomic E-state index is 12.3. The van der Waals surface area contributed by atoms with E-state index in [1.165, 1.54) is 0 Å². The van der Waals surface area contributed by atoms with Gasteiger partial charge in [-0.3, -0.25) is 9.59 Å². The summed E-state index contributed by atoms with van der Waals surface area (Å²) < 4.78 is 0. The minimum Gasteiger partial charge on any atom is -0.349 e. The van der Waals surface area contributed by atoms with Crippen molar-refractivity contribution in [1.82, 2.24) is 10.6 Å². The molecule has 2 aliphatic rings. The summed E-state index contributed by atoms with van der Waals surface area (Å²) in [5.41, 5.74) is 1.29. The lowest BCUT2D eigenvalue weighted by Crippen LogP contribution is -2.42. The lowest BCUT2D eigenvalue weighted by atomic mass is 10.1. The summed E-state index contributed by atoms with van der Waals surface area (Å²) in [6.45, 7) is 3.97. The van der Waals surface area contributed by atoms with Gasteiger partial charge in [0, 0.05) is 23.2 Å².